The van der Waals surface area contributed by atoms with E-state index in [-0.39, 0.29) is 23.7 Å². The van der Waals surface area contributed by atoms with E-state index in [1.54, 1.807) is 0 Å². The molecule has 0 radical (unpaired) electrons. The number of aromatic nitrogens is 2. The molecule has 3 rings (SSSR count). The minimum Gasteiger partial charge on any atom is -0.460 e. The first-order valence-corrected chi connectivity index (χ1v) is 9.84. The third-order valence-corrected chi connectivity index (χ3v) is 5.28. The number of piperidine rings is 1. The maximum absolute atomic E-state index is 12.4. The fraction of sp³-hybridized carbons (Fsp3) is 0.684. The summed E-state index contributed by atoms with van der Waals surface area (Å²) in [6, 6.07) is 1.88. The van der Waals surface area contributed by atoms with Gasteiger partial charge >= 0.3 is 5.97 Å². The first-order chi connectivity index (χ1) is 12.7. The smallest absolute Gasteiger partial charge is 0.310 e. The Balaban J connectivity index is 1.47. The Morgan fingerprint density at radius 1 is 1.26 bits per heavy atom. The fourth-order valence-corrected chi connectivity index (χ4v) is 3.79. The van der Waals surface area contributed by atoms with Crippen LogP contribution in [0.5, 0.6) is 0 Å². The number of amides is 1. The van der Waals surface area contributed by atoms with E-state index in [2.05, 4.69) is 20.2 Å². The van der Waals surface area contributed by atoms with E-state index in [1.807, 2.05) is 20.8 Å². The molecule has 8 heteroatoms. The lowest BCUT2D eigenvalue weighted by molar-refractivity contribution is -0.162. The van der Waals surface area contributed by atoms with Gasteiger partial charge in [0.05, 0.1) is 5.92 Å². The van der Waals surface area contributed by atoms with E-state index >= 15 is 0 Å². The molecule has 1 saturated carbocycles. The molecule has 2 heterocycles. The van der Waals surface area contributed by atoms with Gasteiger partial charge in [-0.2, -0.15) is 0 Å². The van der Waals surface area contributed by atoms with E-state index in [1.165, 1.54) is 12.4 Å². The van der Waals surface area contributed by atoms with E-state index in [0.717, 1.165) is 38.8 Å². The lowest BCUT2D eigenvalue weighted by Crippen LogP contribution is -2.52. The summed E-state index contributed by atoms with van der Waals surface area (Å²) in [4.78, 5) is 34.8. The van der Waals surface area contributed by atoms with Crippen molar-refractivity contribution < 1.29 is 14.3 Å². The number of carbonyl (C=O) groups excluding carboxylic acids is 2. The first kappa shape index (κ1) is 20.0. The number of esters is 1. The maximum atomic E-state index is 12.4. The van der Waals surface area contributed by atoms with Crippen LogP contribution in [0.15, 0.2) is 12.4 Å². The highest BCUT2D eigenvalue weighted by Gasteiger charge is 2.41. The molecule has 27 heavy (non-hydrogen) atoms. The van der Waals surface area contributed by atoms with Crippen LogP contribution >= 0.6 is 11.6 Å². The SMILES string of the molecule is CC(C)(C)OC(=O)C1CCCN(C2CC(C(=O)Nc3cc(Cl)ncn3)C2)C1. The molecule has 1 aliphatic heterocycles. The van der Waals surface area contributed by atoms with Gasteiger partial charge in [0.15, 0.2) is 0 Å². The predicted molar refractivity (Wildman–Crippen MR) is 102 cm³/mol. The molecule has 0 aromatic carbocycles. The van der Waals surface area contributed by atoms with Gasteiger partial charge in [-0.25, -0.2) is 9.97 Å². The van der Waals surface area contributed by atoms with Crippen molar-refractivity contribution in [2.45, 2.75) is 58.1 Å². The van der Waals surface area contributed by atoms with E-state index in [4.69, 9.17) is 16.3 Å². The molecule has 1 aliphatic carbocycles. The summed E-state index contributed by atoms with van der Waals surface area (Å²) in [6.07, 6.45) is 4.77. The van der Waals surface area contributed by atoms with Crippen molar-refractivity contribution in [2.75, 3.05) is 18.4 Å². The molecule has 2 fully saturated rings. The fourth-order valence-electron chi connectivity index (χ4n) is 3.65. The van der Waals surface area contributed by atoms with Gasteiger partial charge in [-0.3, -0.25) is 14.5 Å². The third-order valence-electron chi connectivity index (χ3n) is 5.08. The molecule has 0 spiro atoms. The van der Waals surface area contributed by atoms with Crippen molar-refractivity contribution in [1.82, 2.24) is 14.9 Å². The number of nitrogens with one attached hydrogen (secondary N) is 1. The molecule has 1 unspecified atom stereocenters. The summed E-state index contributed by atoms with van der Waals surface area (Å²) in [5, 5.41) is 3.09. The van der Waals surface area contributed by atoms with Crippen LogP contribution in [-0.4, -0.2) is 51.5 Å². The highest BCUT2D eigenvalue weighted by Crippen LogP contribution is 2.35. The molecule has 7 nitrogen and oxygen atoms in total. The molecule has 148 valence electrons. The zero-order valence-electron chi connectivity index (χ0n) is 16.1. The molecule has 1 N–H and O–H groups in total. The van der Waals surface area contributed by atoms with Crippen LogP contribution in [0.3, 0.4) is 0 Å². The Kier molecular flexibility index (Phi) is 6.01. The average Bonchev–Trinajstić information content (AvgIpc) is 2.52. The molecular formula is C19H27ClN4O3. The number of carbonyl (C=O) groups is 2. The van der Waals surface area contributed by atoms with Crippen LogP contribution in [0, 0.1) is 11.8 Å². The number of halogens is 1. The monoisotopic (exact) mass is 394 g/mol. The summed E-state index contributed by atoms with van der Waals surface area (Å²) < 4.78 is 5.54. The zero-order valence-corrected chi connectivity index (χ0v) is 16.8. The van der Waals surface area contributed by atoms with Gasteiger partial charge in [-0.15, -0.1) is 0 Å². The largest absolute Gasteiger partial charge is 0.460 e. The van der Waals surface area contributed by atoms with Crippen LogP contribution in [0.1, 0.15) is 46.5 Å². The molecule has 1 aromatic rings. The summed E-state index contributed by atoms with van der Waals surface area (Å²) in [6.45, 7) is 7.37. The van der Waals surface area contributed by atoms with Crippen molar-refractivity contribution in [3.05, 3.63) is 17.5 Å². The van der Waals surface area contributed by atoms with Crippen molar-refractivity contribution >= 4 is 29.3 Å². The number of anilines is 1. The minimum absolute atomic E-state index is 0.0364. The third kappa shape index (κ3) is 5.39. The van der Waals surface area contributed by atoms with Crippen LogP contribution in [-0.2, 0) is 14.3 Å². The van der Waals surface area contributed by atoms with Crippen molar-refractivity contribution in [2.24, 2.45) is 11.8 Å². The molecular weight excluding hydrogens is 368 g/mol. The lowest BCUT2D eigenvalue weighted by atomic mass is 9.77. The van der Waals surface area contributed by atoms with E-state index in [9.17, 15) is 9.59 Å². The van der Waals surface area contributed by atoms with E-state index < -0.39 is 5.60 Å². The Morgan fingerprint density at radius 3 is 2.67 bits per heavy atom. The predicted octanol–water partition coefficient (Wildman–Crippen LogP) is 2.90. The molecule has 1 aromatic heterocycles. The van der Waals surface area contributed by atoms with Crippen LogP contribution in [0.2, 0.25) is 5.15 Å². The molecule has 1 atom stereocenters. The minimum atomic E-state index is -0.455. The van der Waals surface area contributed by atoms with Gasteiger partial charge in [0, 0.05) is 24.6 Å². The maximum Gasteiger partial charge on any atom is 0.310 e. The normalized spacial score (nSPS) is 26.1. The second-order valence-electron chi connectivity index (χ2n) is 8.40. The lowest BCUT2D eigenvalue weighted by Gasteiger charge is -2.45. The Bertz CT molecular complexity index is 700. The van der Waals surface area contributed by atoms with Crippen LogP contribution < -0.4 is 5.32 Å². The summed E-state index contributed by atoms with van der Waals surface area (Å²) in [5.41, 5.74) is -0.455. The van der Waals surface area contributed by atoms with Gasteiger partial charge in [-0.05, 0) is 53.0 Å². The van der Waals surface area contributed by atoms with Gasteiger partial charge in [0.25, 0.3) is 0 Å². The highest BCUT2D eigenvalue weighted by molar-refractivity contribution is 6.29. The van der Waals surface area contributed by atoms with Gasteiger partial charge < -0.3 is 10.1 Å². The number of hydrogen-bond donors (Lipinski definition) is 1. The Hall–Kier alpha value is -1.73. The molecule has 0 bridgehead atoms. The van der Waals surface area contributed by atoms with Crippen LogP contribution in [0.4, 0.5) is 5.82 Å². The average molecular weight is 395 g/mol. The van der Waals surface area contributed by atoms with Crippen LogP contribution in [0.25, 0.3) is 0 Å². The summed E-state index contributed by atoms with van der Waals surface area (Å²) >= 11 is 5.81. The zero-order chi connectivity index (χ0) is 19.6. The number of nitrogens with zero attached hydrogens (tertiary/aromatic N) is 3. The van der Waals surface area contributed by atoms with Crippen molar-refractivity contribution in [3.8, 4) is 0 Å². The molecule has 2 aliphatic rings. The quantitative estimate of drug-likeness (QED) is 0.624. The first-order valence-electron chi connectivity index (χ1n) is 9.46. The van der Waals surface area contributed by atoms with E-state index in [0.29, 0.717) is 17.0 Å². The van der Waals surface area contributed by atoms with Gasteiger partial charge in [0.2, 0.25) is 5.91 Å². The van der Waals surface area contributed by atoms with Gasteiger partial charge in [0.1, 0.15) is 22.9 Å². The second-order valence-corrected chi connectivity index (χ2v) is 8.79. The molecule has 1 saturated heterocycles. The van der Waals surface area contributed by atoms with Gasteiger partial charge in [-0.1, -0.05) is 11.6 Å². The standard InChI is InChI=1S/C19H27ClN4O3/c1-19(2,3)27-18(26)12-5-4-6-24(10-12)14-7-13(8-14)17(25)23-16-9-15(20)21-11-22-16/h9,11-14H,4-8,10H2,1-3H3,(H,21,22,23,25). The number of likely N-dealkylation sites (tertiary alicyclic amines) is 1. The summed E-state index contributed by atoms with van der Waals surface area (Å²) in [7, 11) is 0. The summed E-state index contributed by atoms with van der Waals surface area (Å²) in [5.74, 6) is 0.161. The number of hydrogen-bond acceptors (Lipinski definition) is 6. The second kappa shape index (κ2) is 8.10. The molecule has 1 amide bonds. The number of rotatable bonds is 4. The Morgan fingerprint density at radius 2 is 2.00 bits per heavy atom. The highest BCUT2D eigenvalue weighted by atomic mass is 35.5. The number of ether oxygens (including phenoxy) is 1. The Labute approximate surface area is 164 Å². The van der Waals surface area contributed by atoms with Crippen molar-refractivity contribution in [1.29, 1.82) is 0 Å². The topological polar surface area (TPSA) is 84.4 Å². The van der Waals surface area contributed by atoms with Crippen molar-refractivity contribution in [3.63, 3.8) is 0 Å².